The van der Waals surface area contributed by atoms with Gasteiger partial charge in [0.25, 0.3) is 11.5 Å². The number of pyridine rings is 1. The van der Waals surface area contributed by atoms with Crippen molar-refractivity contribution in [1.29, 1.82) is 0 Å². The summed E-state index contributed by atoms with van der Waals surface area (Å²) in [5, 5.41) is 12.5. The minimum Gasteiger partial charge on any atom is -0.350 e. The molecule has 150 valence electrons. The molecule has 0 saturated heterocycles. The average Bonchev–Trinajstić information content (AvgIpc) is 3.04. The number of aromatic amines is 1. The number of amides is 2. The molecule has 0 radical (unpaired) electrons. The van der Waals surface area contributed by atoms with Crippen LogP contribution in [0.25, 0.3) is 0 Å². The SMILES string of the molecule is Cc1n[nH]c(C)c1CNC(=O)Cn1cccc(C(=O)NCc2ccccc2)c1=O. The van der Waals surface area contributed by atoms with Gasteiger partial charge in [-0.25, -0.2) is 0 Å². The molecule has 3 aromatic rings. The predicted octanol–water partition coefficient (Wildman–Crippen LogP) is 1.43. The van der Waals surface area contributed by atoms with Gasteiger partial charge in [0.05, 0.1) is 5.69 Å². The number of aryl methyl sites for hydroxylation is 2. The topological polar surface area (TPSA) is 109 Å². The van der Waals surface area contributed by atoms with Gasteiger partial charge >= 0.3 is 0 Å². The largest absolute Gasteiger partial charge is 0.350 e. The number of nitrogens with zero attached hydrogens (tertiary/aromatic N) is 2. The molecule has 0 aliphatic heterocycles. The summed E-state index contributed by atoms with van der Waals surface area (Å²) >= 11 is 0. The molecule has 8 heteroatoms. The number of nitrogens with one attached hydrogen (secondary N) is 3. The van der Waals surface area contributed by atoms with E-state index in [2.05, 4.69) is 20.8 Å². The molecule has 0 unspecified atom stereocenters. The Labute approximate surface area is 168 Å². The van der Waals surface area contributed by atoms with Crippen molar-refractivity contribution >= 4 is 11.8 Å². The molecule has 0 bridgehead atoms. The molecular formula is C21H23N5O3. The van der Waals surface area contributed by atoms with Crippen LogP contribution < -0.4 is 16.2 Å². The highest BCUT2D eigenvalue weighted by molar-refractivity contribution is 5.93. The number of benzene rings is 1. The maximum absolute atomic E-state index is 12.6. The van der Waals surface area contributed by atoms with Crippen LogP contribution in [-0.4, -0.2) is 26.6 Å². The van der Waals surface area contributed by atoms with Gasteiger partial charge in [-0.05, 0) is 31.5 Å². The van der Waals surface area contributed by atoms with Crippen molar-refractivity contribution < 1.29 is 9.59 Å². The van der Waals surface area contributed by atoms with Crippen LogP contribution in [0.2, 0.25) is 0 Å². The van der Waals surface area contributed by atoms with Crippen molar-refractivity contribution in [3.05, 3.63) is 87.1 Å². The Balaban J connectivity index is 1.62. The third kappa shape index (κ3) is 4.98. The van der Waals surface area contributed by atoms with Crippen molar-refractivity contribution in [3.8, 4) is 0 Å². The van der Waals surface area contributed by atoms with Crippen LogP contribution >= 0.6 is 0 Å². The third-order valence-electron chi connectivity index (χ3n) is 4.62. The summed E-state index contributed by atoms with van der Waals surface area (Å²) in [7, 11) is 0. The Morgan fingerprint density at radius 1 is 1.03 bits per heavy atom. The van der Waals surface area contributed by atoms with Crippen LogP contribution in [0.1, 0.15) is 32.9 Å². The zero-order valence-electron chi connectivity index (χ0n) is 16.4. The van der Waals surface area contributed by atoms with E-state index in [1.165, 1.54) is 16.8 Å². The first kappa shape index (κ1) is 20.1. The quantitative estimate of drug-likeness (QED) is 0.564. The Bertz CT molecular complexity index is 1050. The average molecular weight is 393 g/mol. The predicted molar refractivity (Wildman–Crippen MR) is 108 cm³/mol. The highest BCUT2D eigenvalue weighted by Gasteiger charge is 2.14. The lowest BCUT2D eigenvalue weighted by molar-refractivity contribution is -0.121. The maximum atomic E-state index is 12.6. The summed E-state index contributed by atoms with van der Waals surface area (Å²) in [5.41, 5.74) is 3.04. The Kier molecular flexibility index (Phi) is 6.23. The van der Waals surface area contributed by atoms with Crippen molar-refractivity contribution in [2.45, 2.75) is 33.5 Å². The number of hydrogen-bond acceptors (Lipinski definition) is 4. The molecule has 8 nitrogen and oxygen atoms in total. The molecule has 0 atom stereocenters. The molecule has 2 amide bonds. The Hall–Kier alpha value is -3.68. The molecule has 3 rings (SSSR count). The van der Waals surface area contributed by atoms with Gasteiger partial charge in [-0.15, -0.1) is 0 Å². The summed E-state index contributed by atoms with van der Waals surface area (Å²) in [6, 6.07) is 12.5. The summed E-state index contributed by atoms with van der Waals surface area (Å²) in [6.45, 7) is 4.20. The van der Waals surface area contributed by atoms with Gasteiger partial charge in [0, 0.05) is 30.5 Å². The van der Waals surface area contributed by atoms with E-state index in [0.29, 0.717) is 13.1 Å². The lowest BCUT2D eigenvalue weighted by Crippen LogP contribution is -2.36. The zero-order chi connectivity index (χ0) is 20.8. The van der Waals surface area contributed by atoms with E-state index in [-0.39, 0.29) is 18.0 Å². The molecule has 2 heterocycles. The molecular weight excluding hydrogens is 370 g/mol. The zero-order valence-corrected chi connectivity index (χ0v) is 16.4. The lowest BCUT2D eigenvalue weighted by Gasteiger charge is -2.10. The normalized spacial score (nSPS) is 10.6. The fourth-order valence-corrected chi connectivity index (χ4v) is 2.94. The first-order valence-corrected chi connectivity index (χ1v) is 9.24. The molecule has 0 spiro atoms. The van der Waals surface area contributed by atoms with Gasteiger partial charge < -0.3 is 15.2 Å². The number of hydrogen-bond donors (Lipinski definition) is 3. The maximum Gasteiger partial charge on any atom is 0.263 e. The Morgan fingerprint density at radius 3 is 2.48 bits per heavy atom. The number of rotatable bonds is 7. The number of aromatic nitrogens is 3. The molecule has 29 heavy (non-hydrogen) atoms. The van der Waals surface area contributed by atoms with E-state index in [1.807, 2.05) is 44.2 Å². The molecule has 2 aromatic heterocycles. The van der Waals surface area contributed by atoms with E-state index in [1.54, 1.807) is 6.07 Å². The van der Waals surface area contributed by atoms with Gasteiger partial charge in [-0.1, -0.05) is 30.3 Å². The van der Waals surface area contributed by atoms with Crippen LogP contribution in [0.5, 0.6) is 0 Å². The minimum atomic E-state index is -0.510. The highest BCUT2D eigenvalue weighted by atomic mass is 16.2. The van der Waals surface area contributed by atoms with Gasteiger partial charge in [0.2, 0.25) is 5.91 Å². The number of carbonyl (C=O) groups excluding carboxylic acids is 2. The monoisotopic (exact) mass is 393 g/mol. The van der Waals surface area contributed by atoms with E-state index < -0.39 is 11.5 Å². The van der Waals surface area contributed by atoms with Gasteiger partial charge in [-0.3, -0.25) is 19.5 Å². The smallest absolute Gasteiger partial charge is 0.263 e. The molecule has 0 aliphatic rings. The van der Waals surface area contributed by atoms with Gasteiger partial charge in [-0.2, -0.15) is 5.10 Å². The van der Waals surface area contributed by atoms with Gasteiger partial charge in [0.15, 0.2) is 0 Å². The van der Waals surface area contributed by atoms with Crippen molar-refractivity contribution in [2.75, 3.05) is 0 Å². The fraction of sp³-hybridized carbons (Fsp3) is 0.238. The number of carbonyl (C=O) groups is 2. The van der Waals surface area contributed by atoms with E-state index in [4.69, 9.17) is 0 Å². The van der Waals surface area contributed by atoms with Crippen LogP contribution in [0.15, 0.2) is 53.5 Å². The van der Waals surface area contributed by atoms with E-state index >= 15 is 0 Å². The second-order valence-corrected chi connectivity index (χ2v) is 6.71. The fourth-order valence-electron chi connectivity index (χ4n) is 2.94. The summed E-state index contributed by atoms with van der Waals surface area (Å²) in [6.07, 6.45) is 1.49. The standard InChI is InChI=1S/C21H23N5O3/c1-14-18(15(2)25-24-14)12-22-19(27)13-26-10-6-9-17(21(26)29)20(28)23-11-16-7-4-3-5-8-16/h3-10H,11-13H2,1-2H3,(H,22,27)(H,23,28)(H,24,25). The van der Waals surface area contributed by atoms with Crippen LogP contribution in [0.4, 0.5) is 0 Å². The van der Waals surface area contributed by atoms with Crippen LogP contribution in [-0.2, 0) is 24.4 Å². The first-order valence-electron chi connectivity index (χ1n) is 9.24. The Morgan fingerprint density at radius 2 is 1.79 bits per heavy atom. The van der Waals surface area contributed by atoms with Gasteiger partial charge in [0.1, 0.15) is 12.1 Å². The number of H-pyrrole nitrogens is 1. The summed E-state index contributed by atoms with van der Waals surface area (Å²) in [4.78, 5) is 37.3. The van der Waals surface area contributed by atoms with E-state index in [0.717, 1.165) is 22.5 Å². The first-order chi connectivity index (χ1) is 14.0. The van der Waals surface area contributed by atoms with E-state index in [9.17, 15) is 14.4 Å². The molecule has 1 aromatic carbocycles. The van der Waals surface area contributed by atoms with Crippen molar-refractivity contribution in [1.82, 2.24) is 25.4 Å². The van der Waals surface area contributed by atoms with Crippen LogP contribution in [0, 0.1) is 13.8 Å². The molecule has 0 saturated carbocycles. The van der Waals surface area contributed by atoms with Crippen molar-refractivity contribution in [2.24, 2.45) is 0 Å². The second kappa shape index (κ2) is 9.01. The minimum absolute atomic E-state index is 0.00208. The highest BCUT2D eigenvalue weighted by Crippen LogP contribution is 2.08. The molecule has 0 aliphatic carbocycles. The van der Waals surface area contributed by atoms with Crippen molar-refractivity contribution in [3.63, 3.8) is 0 Å². The molecule has 3 N–H and O–H groups in total. The third-order valence-corrected chi connectivity index (χ3v) is 4.62. The van der Waals surface area contributed by atoms with Crippen LogP contribution in [0.3, 0.4) is 0 Å². The lowest BCUT2D eigenvalue weighted by atomic mass is 10.2. The molecule has 0 fully saturated rings. The summed E-state index contributed by atoms with van der Waals surface area (Å²) < 4.78 is 1.22. The second-order valence-electron chi connectivity index (χ2n) is 6.71. The summed E-state index contributed by atoms with van der Waals surface area (Å²) in [5.74, 6) is -0.799.